The van der Waals surface area contributed by atoms with Crippen molar-refractivity contribution in [1.82, 2.24) is 0 Å². The van der Waals surface area contributed by atoms with Crippen molar-refractivity contribution < 1.29 is 4.74 Å². The van der Waals surface area contributed by atoms with Gasteiger partial charge in [0, 0.05) is 6.61 Å². The fourth-order valence-electron chi connectivity index (χ4n) is 1.88. The van der Waals surface area contributed by atoms with Crippen molar-refractivity contribution in [2.75, 3.05) is 6.61 Å². The van der Waals surface area contributed by atoms with Crippen molar-refractivity contribution in [3.8, 4) is 0 Å². The van der Waals surface area contributed by atoms with Gasteiger partial charge >= 0.3 is 0 Å². The van der Waals surface area contributed by atoms with E-state index in [1.165, 1.54) is 32.1 Å². The summed E-state index contributed by atoms with van der Waals surface area (Å²) < 4.78 is 5.66. The Bertz CT molecular complexity index is 101. The highest BCUT2D eigenvalue weighted by molar-refractivity contribution is 4.74. The van der Waals surface area contributed by atoms with Crippen LogP contribution in [0.3, 0.4) is 0 Å². The first-order chi connectivity index (χ1) is 5.38. The van der Waals surface area contributed by atoms with Gasteiger partial charge in [-0.1, -0.05) is 33.1 Å². The first-order valence-corrected chi connectivity index (χ1v) is 5.00. The Morgan fingerprint density at radius 2 is 2.18 bits per heavy atom. The maximum atomic E-state index is 5.66. The van der Waals surface area contributed by atoms with Gasteiger partial charge in [-0.15, -0.1) is 0 Å². The Hall–Kier alpha value is -0.0400. The predicted molar refractivity (Wildman–Crippen MR) is 47.7 cm³/mol. The van der Waals surface area contributed by atoms with Crippen molar-refractivity contribution >= 4 is 0 Å². The zero-order valence-electron chi connectivity index (χ0n) is 7.81. The first-order valence-electron chi connectivity index (χ1n) is 5.00. The van der Waals surface area contributed by atoms with Crippen LogP contribution < -0.4 is 0 Å². The molecule has 66 valence electrons. The van der Waals surface area contributed by atoms with Crippen LogP contribution in [0.4, 0.5) is 0 Å². The Morgan fingerprint density at radius 1 is 1.36 bits per heavy atom. The molecule has 0 amide bonds. The van der Waals surface area contributed by atoms with Crippen molar-refractivity contribution in [3.63, 3.8) is 0 Å². The summed E-state index contributed by atoms with van der Waals surface area (Å²) in [5.74, 6) is 0.863. The minimum atomic E-state index is 0.597. The molecule has 0 saturated carbocycles. The second-order valence-corrected chi connectivity index (χ2v) is 3.51. The SMILES string of the molecule is CCCCC1OCCC1CC. The second-order valence-electron chi connectivity index (χ2n) is 3.51. The van der Waals surface area contributed by atoms with Crippen LogP contribution in [0.1, 0.15) is 46.0 Å². The van der Waals surface area contributed by atoms with E-state index in [9.17, 15) is 0 Å². The minimum absolute atomic E-state index is 0.597. The van der Waals surface area contributed by atoms with Gasteiger partial charge in [0.2, 0.25) is 0 Å². The minimum Gasteiger partial charge on any atom is -0.378 e. The van der Waals surface area contributed by atoms with Crippen molar-refractivity contribution in [1.29, 1.82) is 0 Å². The van der Waals surface area contributed by atoms with E-state index < -0.39 is 0 Å². The van der Waals surface area contributed by atoms with Crippen LogP contribution in [0.15, 0.2) is 0 Å². The van der Waals surface area contributed by atoms with E-state index in [0.717, 1.165) is 12.5 Å². The van der Waals surface area contributed by atoms with Gasteiger partial charge < -0.3 is 4.74 Å². The molecule has 0 aliphatic carbocycles. The molecule has 0 bridgehead atoms. The van der Waals surface area contributed by atoms with Gasteiger partial charge in [-0.3, -0.25) is 0 Å². The van der Waals surface area contributed by atoms with Crippen molar-refractivity contribution in [3.05, 3.63) is 0 Å². The lowest BCUT2D eigenvalue weighted by molar-refractivity contribution is 0.0807. The lowest BCUT2D eigenvalue weighted by Crippen LogP contribution is -2.14. The average Bonchev–Trinajstić information content (AvgIpc) is 2.47. The van der Waals surface area contributed by atoms with E-state index in [1.807, 2.05) is 0 Å². The summed E-state index contributed by atoms with van der Waals surface area (Å²) in [6, 6.07) is 0. The van der Waals surface area contributed by atoms with Gasteiger partial charge in [-0.2, -0.15) is 0 Å². The van der Waals surface area contributed by atoms with E-state index in [0.29, 0.717) is 6.10 Å². The molecule has 0 radical (unpaired) electrons. The highest BCUT2D eigenvalue weighted by atomic mass is 16.5. The summed E-state index contributed by atoms with van der Waals surface area (Å²) in [6.07, 6.45) is 7.12. The first kappa shape index (κ1) is 9.05. The molecule has 0 spiro atoms. The molecule has 1 nitrogen and oxygen atoms in total. The molecule has 2 atom stereocenters. The van der Waals surface area contributed by atoms with Gasteiger partial charge in [0.15, 0.2) is 0 Å². The topological polar surface area (TPSA) is 9.23 Å². The molecule has 0 aromatic carbocycles. The smallest absolute Gasteiger partial charge is 0.0604 e. The lowest BCUT2D eigenvalue weighted by Gasteiger charge is -2.15. The lowest BCUT2D eigenvalue weighted by atomic mass is 9.95. The van der Waals surface area contributed by atoms with Crippen LogP contribution >= 0.6 is 0 Å². The predicted octanol–water partition coefficient (Wildman–Crippen LogP) is 2.99. The molecule has 0 aromatic heterocycles. The molecule has 1 saturated heterocycles. The normalized spacial score (nSPS) is 31.1. The van der Waals surface area contributed by atoms with E-state index >= 15 is 0 Å². The van der Waals surface area contributed by atoms with E-state index in [4.69, 9.17) is 4.74 Å². The third-order valence-corrected chi connectivity index (χ3v) is 2.71. The van der Waals surface area contributed by atoms with Gasteiger partial charge in [-0.05, 0) is 18.8 Å². The maximum Gasteiger partial charge on any atom is 0.0604 e. The summed E-state index contributed by atoms with van der Waals surface area (Å²) >= 11 is 0. The fourth-order valence-corrected chi connectivity index (χ4v) is 1.88. The molecule has 0 N–H and O–H groups in total. The highest BCUT2D eigenvalue weighted by Crippen LogP contribution is 2.27. The molecule has 1 heterocycles. The maximum absolute atomic E-state index is 5.66. The number of unbranched alkanes of at least 4 members (excludes halogenated alkanes) is 1. The Labute approximate surface area is 70.1 Å². The Kier molecular flexibility index (Phi) is 3.92. The van der Waals surface area contributed by atoms with Crippen molar-refractivity contribution in [2.45, 2.75) is 52.1 Å². The molecule has 1 aliphatic rings. The molecule has 1 fully saturated rings. The standard InChI is InChI=1S/C10H20O/c1-3-5-6-10-9(4-2)7-8-11-10/h9-10H,3-8H2,1-2H3. The molecular weight excluding hydrogens is 136 g/mol. The van der Waals surface area contributed by atoms with Gasteiger partial charge in [-0.25, -0.2) is 0 Å². The van der Waals surface area contributed by atoms with E-state index in [2.05, 4.69) is 13.8 Å². The van der Waals surface area contributed by atoms with Gasteiger partial charge in [0.25, 0.3) is 0 Å². The molecule has 11 heavy (non-hydrogen) atoms. The third kappa shape index (κ3) is 2.48. The molecule has 1 rings (SSSR count). The van der Waals surface area contributed by atoms with Crippen molar-refractivity contribution in [2.24, 2.45) is 5.92 Å². The molecule has 0 aromatic rings. The van der Waals surface area contributed by atoms with E-state index in [1.54, 1.807) is 0 Å². The summed E-state index contributed by atoms with van der Waals surface area (Å²) in [4.78, 5) is 0. The Morgan fingerprint density at radius 3 is 2.82 bits per heavy atom. The highest BCUT2D eigenvalue weighted by Gasteiger charge is 2.25. The van der Waals surface area contributed by atoms with Crippen LogP contribution in [0, 0.1) is 5.92 Å². The molecular formula is C10H20O. The van der Waals surface area contributed by atoms with Crippen LogP contribution in [-0.4, -0.2) is 12.7 Å². The third-order valence-electron chi connectivity index (χ3n) is 2.71. The zero-order chi connectivity index (χ0) is 8.10. The number of hydrogen-bond acceptors (Lipinski definition) is 1. The van der Waals surface area contributed by atoms with E-state index in [-0.39, 0.29) is 0 Å². The largest absolute Gasteiger partial charge is 0.378 e. The molecule has 2 unspecified atom stereocenters. The number of rotatable bonds is 4. The van der Waals surface area contributed by atoms with Crippen LogP contribution in [0.5, 0.6) is 0 Å². The van der Waals surface area contributed by atoms with Crippen LogP contribution in [-0.2, 0) is 4.74 Å². The molecule has 1 aliphatic heterocycles. The average molecular weight is 156 g/mol. The fraction of sp³-hybridized carbons (Fsp3) is 1.00. The summed E-state index contributed by atoms with van der Waals surface area (Å²) in [5.41, 5.74) is 0. The Balaban J connectivity index is 2.20. The summed E-state index contributed by atoms with van der Waals surface area (Å²) in [5, 5.41) is 0. The zero-order valence-corrected chi connectivity index (χ0v) is 7.81. The number of ether oxygens (including phenoxy) is 1. The van der Waals surface area contributed by atoms with Gasteiger partial charge in [0.1, 0.15) is 0 Å². The monoisotopic (exact) mass is 156 g/mol. The molecule has 1 heteroatoms. The quantitative estimate of drug-likeness (QED) is 0.608. The summed E-state index contributed by atoms with van der Waals surface area (Å²) in [6.45, 7) is 5.53. The summed E-state index contributed by atoms with van der Waals surface area (Å²) in [7, 11) is 0. The van der Waals surface area contributed by atoms with Crippen LogP contribution in [0.2, 0.25) is 0 Å². The number of hydrogen-bond donors (Lipinski definition) is 0. The second kappa shape index (κ2) is 4.76. The van der Waals surface area contributed by atoms with Gasteiger partial charge in [0.05, 0.1) is 6.10 Å². The van der Waals surface area contributed by atoms with Crippen LogP contribution in [0.25, 0.3) is 0 Å².